The number of guanidine groups is 1. The van der Waals surface area contributed by atoms with Crippen LogP contribution in [-0.2, 0) is 9.47 Å². The summed E-state index contributed by atoms with van der Waals surface area (Å²) in [4.78, 5) is 15.2. The van der Waals surface area contributed by atoms with Crippen molar-refractivity contribution in [2.75, 3.05) is 19.5 Å². The van der Waals surface area contributed by atoms with Crippen molar-refractivity contribution < 1.29 is 24.2 Å². The van der Waals surface area contributed by atoms with Crippen LogP contribution in [0.25, 0.3) is 0 Å². The Labute approximate surface area is 179 Å². The average molecular weight is 430 g/mol. The van der Waals surface area contributed by atoms with Crippen molar-refractivity contribution >= 4 is 17.3 Å². The number of nitrogens with one attached hydrogen (secondary N) is 1. The van der Waals surface area contributed by atoms with Crippen molar-refractivity contribution in [1.82, 2.24) is 0 Å². The lowest BCUT2D eigenvalue weighted by molar-refractivity contribution is -0.385. The van der Waals surface area contributed by atoms with Gasteiger partial charge in [0.15, 0.2) is 17.9 Å². The fourth-order valence-electron chi connectivity index (χ4n) is 3.61. The Kier molecular flexibility index (Phi) is 6.44. The standard InChI is InChI=1S/C21H26N4O6/c1-12-5-7-13(8-6-12)23-20(22)24-17-15-11-14(25(27)28)9-10-16(15)31-21(2,18(17)26)19(29-3)30-4/h5-11,17-19,26H,1-4H3,(H3,22,23,24). The van der Waals surface area contributed by atoms with E-state index in [2.05, 4.69) is 10.3 Å². The van der Waals surface area contributed by atoms with Crippen molar-refractivity contribution in [3.8, 4) is 5.75 Å². The summed E-state index contributed by atoms with van der Waals surface area (Å²) in [6, 6.07) is 10.6. The van der Waals surface area contributed by atoms with E-state index < -0.39 is 29.0 Å². The lowest BCUT2D eigenvalue weighted by atomic mass is 9.84. The summed E-state index contributed by atoms with van der Waals surface area (Å²) in [6.45, 7) is 3.58. The van der Waals surface area contributed by atoms with Gasteiger partial charge in [-0.25, -0.2) is 4.99 Å². The lowest BCUT2D eigenvalue weighted by Crippen LogP contribution is -2.59. The van der Waals surface area contributed by atoms with Gasteiger partial charge in [0.2, 0.25) is 0 Å². The zero-order valence-electron chi connectivity index (χ0n) is 17.7. The molecule has 2 aromatic rings. The number of aliphatic hydroxyl groups is 1. The third-order valence-electron chi connectivity index (χ3n) is 5.24. The van der Waals surface area contributed by atoms with Crippen LogP contribution in [0.5, 0.6) is 5.75 Å². The zero-order valence-corrected chi connectivity index (χ0v) is 17.7. The van der Waals surface area contributed by atoms with Gasteiger partial charge in [0.25, 0.3) is 5.69 Å². The molecular formula is C21H26N4O6. The maximum atomic E-state index is 11.3. The Morgan fingerprint density at radius 1 is 1.29 bits per heavy atom. The summed E-state index contributed by atoms with van der Waals surface area (Å²) < 4.78 is 16.7. The van der Waals surface area contributed by atoms with Gasteiger partial charge in [-0.3, -0.25) is 10.1 Å². The van der Waals surface area contributed by atoms with Crippen LogP contribution >= 0.6 is 0 Å². The van der Waals surface area contributed by atoms with Crippen molar-refractivity contribution in [2.45, 2.75) is 37.9 Å². The van der Waals surface area contributed by atoms with Crippen LogP contribution in [0.2, 0.25) is 0 Å². The number of non-ortho nitro benzene ring substituents is 1. The molecule has 0 saturated carbocycles. The van der Waals surface area contributed by atoms with Crippen LogP contribution in [0, 0.1) is 17.0 Å². The summed E-state index contributed by atoms with van der Waals surface area (Å²) in [7, 11) is 2.85. The third kappa shape index (κ3) is 4.46. The fourth-order valence-corrected chi connectivity index (χ4v) is 3.61. The minimum atomic E-state index is -1.36. The second-order valence-electron chi connectivity index (χ2n) is 7.46. The van der Waals surface area contributed by atoms with Gasteiger partial charge >= 0.3 is 0 Å². The molecule has 1 heterocycles. The van der Waals surface area contributed by atoms with E-state index in [1.54, 1.807) is 6.92 Å². The molecule has 1 aliphatic heterocycles. The first-order chi connectivity index (χ1) is 14.7. The number of hydrogen-bond acceptors (Lipinski definition) is 7. The molecule has 3 unspecified atom stereocenters. The number of nitro groups is 1. The highest BCUT2D eigenvalue weighted by Gasteiger charge is 2.52. The number of nitrogens with zero attached hydrogens (tertiary/aromatic N) is 2. The van der Waals surface area contributed by atoms with Crippen LogP contribution in [0.15, 0.2) is 47.5 Å². The van der Waals surface area contributed by atoms with Gasteiger partial charge in [-0.05, 0) is 32.0 Å². The van der Waals surface area contributed by atoms with Gasteiger partial charge in [0, 0.05) is 37.6 Å². The molecule has 0 saturated heterocycles. The lowest BCUT2D eigenvalue weighted by Gasteiger charge is -2.45. The monoisotopic (exact) mass is 430 g/mol. The molecule has 2 aromatic carbocycles. The fraction of sp³-hybridized carbons (Fsp3) is 0.381. The maximum Gasteiger partial charge on any atom is 0.270 e. The summed E-state index contributed by atoms with van der Waals surface area (Å²) in [5, 5.41) is 25.5. The minimum Gasteiger partial charge on any atom is -0.479 e. The number of methoxy groups -OCH3 is 2. The van der Waals surface area contributed by atoms with Gasteiger partial charge in [-0.1, -0.05) is 17.7 Å². The number of aryl methyl sites for hydroxylation is 1. The van der Waals surface area contributed by atoms with Crippen LogP contribution in [0.1, 0.15) is 24.1 Å². The molecule has 3 rings (SSSR count). The molecule has 0 fully saturated rings. The summed E-state index contributed by atoms with van der Waals surface area (Å²) in [5.74, 6) is 0.343. The second-order valence-corrected chi connectivity index (χ2v) is 7.46. The Bertz CT molecular complexity index is 976. The first-order valence-corrected chi connectivity index (χ1v) is 9.57. The van der Waals surface area contributed by atoms with Crippen molar-refractivity contribution in [3.05, 3.63) is 63.7 Å². The molecular weight excluding hydrogens is 404 g/mol. The molecule has 10 heteroatoms. The summed E-state index contributed by atoms with van der Waals surface area (Å²) in [5.41, 5.74) is 6.73. The molecule has 0 radical (unpaired) electrons. The van der Waals surface area contributed by atoms with E-state index in [-0.39, 0.29) is 11.6 Å². The molecule has 0 spiro atoms. The molecule has 0 aliphatic carbocycles. The van der Waals surface area contributed by atoms with E-state index in [4.69, 9.17) is 19.9 Å². The number of ether oxygens (including phenoxy) is 3. The number of benzene rings is 2. The quantitative estimate of drug-likeness (QED) is 0.209. The number of nitrogens with two attached hydrogens (primary N) is 1. The SMILES string of the molecule is COC(OC)C1(C)Oc2ccc([N+](=O)[O-])cc2C(N=C(N)Nc2ccc(C)cc2)C1O. The Morgan fingerprint density at radius 2 is 1.94 bits per heavy atom. The molecule has 3 atom stereocenters. The van der Waals surface area contributed by atoms with Crippen molar-refractivity contribution in [2.24, 2.45) is 10.7 Å². The number of aliphatic hydroxyl groups excluding tert-OH is 1. The zero-order chi connectivity index (χ0) is 22.8. The Morgan fingerprint density at radius 3 is 2.52 bits per heavy atom. The summed E-state index contributed by atoms with van der Waals surface area (Å²) in [6.07, 6.45) is -2.22. The molecule has 10 nitrogen and oxygen atoms in total. The topological polar surface area (TPSA) is 141 Å². The van der Waals surface area contributed by atoms with E-state index in [0.29, 0.717) is 17.0 Å². The number of hydrogen-bond donors (Lipinski definition) is 3. The smallest absolute Gasteiger partial charge is 0.270 e. The van der Waals surface area contributed by atoms with E-state index in [1.807, 2.05) is 31.2 Å². The van der Waals surface area contributed by atoms with Crippen molar-refractivity contribution in [3.63, 3.8) is 0 Å². The van der Waals surface area contributed by atoms with Crippen molar-refractivity contribution in [1.29, 1.82) is 0 Å². The van der Waals surface area contributed by atoms with Crippen LogP contribution < -0.4 is 15.8 Å². The molecule has 4 N–H and O–H groups in total. The maximum absolute atomic E-state index is 11.3. The molecule has 166 valence electrons. The number of fused-ring (bicyclic) bond motifs is 1. The van der Waals surface area contributed by atoms with Crippen LogP contribution in [0.4, 0.5) is 11.4 Å². The van der Waals surface area contributed by atoms with Gasteiger partial charge < -0.3 is 30.4 Å². The van der Waals surface area contributed by atoms with E-state index in [9.17, 15) is 15.2 Å². The summed E-state index contributed by atoms with van der Waals surface area (Å²) >= 11 is 0. The highest BCUT2D eigenvalue weighted by atomic mass is 16.7. The molecule has 0 aromatic heterocycles. The van der Waals surface area contributed by atoms with E-state index in [1.165, 1.54) is 32.4 Å². The predicted molar refractivity (Wildman–Crippen MR) is 115 cm³/mol. The molecule has 0 amide bonds. The van der Waals surface area contributed by atoms with Gasteiger partial charge in [0.1, 0.15) is 17.9 Å². The Balaban J connectivity index is 2.05. The predicted octanol–water partition coefficient (Wildman–Crippen LogP) is 2.50. The average Bonchev–Trinajstić information content (AvgIpc) is 2.73. The van der Waals surface area contributed by atoms with E-state index in [0.717, 1.165) is 5.56 Å². The number of rotatable bonds is 6. The first-order valence-electron chi connectivity index (χ1n) is 9.57. The van der Waals surface area contributed by atoms with Crippen LogP contribution in [0.3, 0.4) is 0 Å². The normalized spacial score (nSPS) is 23.2. The molecule has 0 bridgehead atoms. The largest absolute Gasteiger partial charge is 0.479 e. The first kappa shape index (κ1) is 22.5. The van der Waals surface area contributed by atoms with E-state index >= 15 is 0 Å². The number of aliphatic imine (C=N–C) groups is 1. The minimum absolute atomic E-state index is 0.0287. The number of nitro benzene ring substituents is 1. The highest BCUT2D eigenvalue weighted by molar-refractivity contribution is 5.92. The second kappa shape index (κ2) is 8.88. The Hall–Kier alpha value is -3.21. The third-order valence-corrected chi connectivity index (χ3v) is 5.24. The number of anilines is 1. The van der Waals surface area contributed by atoms with Crippen LogP contribution in [-0.4, -0.2) is 48.2 Å². The molecule has 31 heavy (non-hydrogen) atoms. The van der Waals surface area contributed by atoms with Gasteiger partial charge in [0.05, 0.1) is 4.92 Å². The highest BCUT2D eigenvalue weighted by Crippen LogP contribution is 2.45. The molecule has 1 aliphatic rings. The van der Waals surface area contributed by atoms with Gasteiger partial charge in [-0.2, -0.15) is 0 Å². The van der Waals surface area contributed by atoms with Gasteiger partial charge in [-0.15, -0.1) is 0 Å².